The number of anilines is 2. The second-order valence-electron chi connectivity index (χ2n) is 8.19. The van der Waals surface area contributed by atoms with E-state index in [4.69, 9.17) is 11.6 Å². The zero-order chi connectivity index (χ0) is 20.5. The summed E-state index contributed by atoms with van der Waals surface area (Å²) in [4.78, 5) is 17.8. The summed E-state index contributed by atoms with van der Waals surface area (Å²) >= 11 is 6.13. The molecule has 1 aromatic carbocycles. The Bertz CT molecular complexity index is 1080. The number of aromatic nitrogens is 3. The topological polar surface area (TPSA) is 51.3 Å². The smallest absolute Gasteiger partial charge is 0.272 e. The highest BCUT2D eigenvalue weighted by Crippen LogP contribution is 2.29. The van der Waals surface area contributed by atoms with Gasteiger partial charge in [-0.15, -0.1) is 0 Å². The molecule has 1 aliphatic rings. The van der Waals surface area contributed by atoms with Crippen LogP contribution in [0.15, 0.2) is 35.4 Å². The molecular formula is C22H26ClFN4O. The van der Waals surface area contributed by atoms with Crippen molar-refractivity contribution in [2.45, 2.75) is 58.4 Å². The summed E-state index contributed by atoms with van der Waals surface area (Å²) in [5.74, 6) is 0.168. The maximum absolute atomic E-state index is 13.3. The van der Waals surface area contributed by atoms with Crippen LogP contribution >= 0.6 is 11.6 Å². The van der Waals surface area contributed by atoms with Gasteiger partial charge in [0, 0.05) is 6.04 Å². The largest absolute Gasteiger partial charge is 0.352 e. The first-order chi connectivity index (χ1) is 13.9. The van der Waals surface area contributed by atoms with Gasteiger partial charge < -0.3 is 5.32 Å². The molecular weight excluding hydrogens is 391 g/mol. The van der Waals surface area contributed by atoms with E-state index in [2.05, 4.69) is 10.3 Å². The number of hydrogen-bond donors (Lipinski definition) is 1. The van der Waals surface area contributed by atoms with Gasteiger partial charge in [-0.3, -0.25) is 4.79 Å². The van der Waals surface area contributed by atoms with E-state index in [1.54, 1.807) is 16.9 Å². The summed E-state index contributed by atoms with van der Waals surface area (Å²) in [7, 11) is 0. The monoisotopic (exact) mass is 416 g/mol. The van der Waals surface area contributed by atoms with Gasteiger partial charge in [-0.2, -0.15) is 0 Å². The number of nitrogens with zero attached hydrogens (tertiary/aromatic N) is 3. The Morgan fingerprint density at radius 3 is 2.72 bits per heavy atom. The first-order valence-electron chi connectivity index (χ1n) is 10.3. The lowest BCUT2D eigenvalue weighted by atomic mass is 9.85. The van der Waals surface area contributed by atoms with Crippen LogP contribution in [0, 0.1) is 11.7 Å². The Morgan fingerprint density at radius 1 is 1.28 bits per heavy atom. The number of fused-ring (bicyclic) bond motifs is 1. The molecule has 154 valence electrons. The molecule has 1 fully saturated rings. The summed E-state index contributed by atoms with van der Waals surface area (Å²) in [5.41, 5.74) is 2.82. The number of hydrogen-bond acceptors (Lipinski definition) is 3. The van der Waals surface area contributed by atoms with Crippen molar-refractivity contribution in [1.82, 2.24) is 14.2 Å². The minimum absolute atomic E-state index is 0.00145. The molecule has 0 amide bonds. The molecule has 0 spiro atoms. The van der Waals surface area contributed by atoms with Gasteiger partial charge in [-0.1, -0.05) is 43.7 Å². The Kier molecular flexibility index (Phi) is 5.63. The van der Waals surface area contributed by atoms with Crippen LogP contribution in [0.2, 0.25) is 5.02 Å². The molecule has 7 heteroatoms. The molecule has 2 aromatic heterocycles. The molecule has 1 N–H and O–H groups in total. The second kappa shape index (κ2) is 8.19. The Morgan fingerprint density at radius 2 is 2.03 bits per heavy atom. The van der Waals surface area contributed by atoms with Crippen molar-refractivity contribution in [3.05, 3.63) is 57.3 Å². The van der Waals surface area contributed by atoms with E-state index in [0.717, 1.165) is 12.0 Å². The van der Waals surface area contributed by atoms with Crippen LogP contribution in [0.1, 0.15) is 57.6 Å². The minimum atomic E-state index is -0.388. The van der Waals surface area contributed by atoms with E-state index in [1.807, 2.05) is 24.6 Å². The number of halogens is 2. The van der Waals surface area contributed by atoms with Crippen molar-refractivity contribution < 1.29 is 4.39 Å². The summed E-state index contributed by atoms with van der Waals surface area (Å²) < 4.78 is 16.9. The lowest BCUT2D eigenvalue weighted by Crippen LogP contribution is -2.24. The van der Waals surface area contributed by atoms with Crippen molar-refractivity contribution in [3.63, 3.8) is 0 Å². The molecule has 2 heterocycles. The molecule has 5 nitrogen and oxygen atoms in total. The van der Waals surface area contributed by atoms with Gasteiger partial charge in [0.15, 0.2) is 5.65 Å². The Hall–Kier alpha value is -2.34. The zero-order valence-corrected chi connectivity index (χ0v) is 17.5. The minimum Gasteiger partial charge on any atom is -0.352 e. The zero-order valence-electron chi connectivity index (χ0n) is 16.8. The van der Waals surface area contributed by atoms with E-state index >= 15 is 0 Å². The highest BCUT2D eigenvalue weighted by atomic mass is 35.5. The van der Waals surface area contributed by atoms with E-state index in [-0.39, 0.29) is 22.4 Å². The van der Waals surface area contributed by atoms with E-state index in [9.17, 15) is 9.18 Å². The van der Waals surface area contributed by atoms with Crippen LogP contribution < -0.4 is 10.9 Å². The fourth-order valence-corrected chi connectivity index (χ4v) is 4.50. The molecule has 0 unspecified atom stereocenters. The molecule has 0 bridgehead atoms. The van der Waals surface area contributed by atoms with Gasteiger partial charge in [0.1, 0.15) is 5.82 Å². The Balaban J connectivity index is 1.73. The first-order valence-corrected chi connectivity index (χ1v) is 10.7. The van der Waals surface area contributed by atoms with Crippen LogP contribution in [0.4, 0.5) is 15.8 Å². The van der Waals surface area contributed by atoms with Gasteiger partial charge in [-0.05, 0) is 44.4 Å². The van der Waals surface area contributed by atoms with Crippen molar-refractivity contribution >= 4 is 28.6 Å². The average molecular weight is 417 g/mol. The average Bonchev–Trinajstić information content (AvgIpc) is 2.96. The molecule has 0 saturated heterocycles. The lowest BCUT2D eigenvalue weighted by Gasteiger charge is -2.20. The van der Waals surface area contributed by atoms with Gasteiger partial charge in [0.25, 0.3) is 5.56 Å². The van der Waals surface area contributed by atoms with E-state index in [0.29, 0.717) is 22.9 Å². The standard InChI is InChI=1S/C22H26ClFN4O/c1-14(2)28-22(29)18(10-15-6-4-3-5-7-15)21-25-12-17(13-27(21)28)26-20-9-8-16(24)11-19(20)23/h8-9,11-15,26H,3-7,10H2,1-2H3. The van der Waals surface area contributed by atoms with Crippen LogP contribution in [0.25, 0.3) is 5.65 Å². The predicted molar refractivity (Wildman–Crippen MR) is 115 cm³/mol. The molecule has 1 aliphatic carbocycles. The van der Waals surface area contributed by atoms with Crippen molar-refractivity contribution in [1.29, 1.82) is 0 Å². The van der Waals surface area contributed by atoms with Gasteiger partial charge >= 0.3 is 0 Å². The summed E-state index contributed by atoms with van der Waals surface area (Å²) in [6.07, 6.45) is 10.5. The number of rotatable bonds is 5. The van der Waals surface area contributed by atoms with Gasteiger partial charge in [0.05, 0.1) is 34.4 Å². The van der Waals surface area contributed by atoms with Crippen molar-refractivity contribution in [3.8, 4) is 0 Å². The third-order valence-electron chi connectivity index (χ3n) is 5.69. The molecule has 1 saturated carbocycles. The van der Waals surface area contributed by atoms with Crippen molar-refractivity contribution in [2.24, 2.45) is 5.92 Å². The molecule has 3 aromatic rings. The third-order valence-corrected chi connectivity index (χ3v) is 6.00. The molecule has 29 heavy (non-hydrogen) atoms. The highest BCUT2D eigenvalue weighted by molar-refractivity contribution is 6.33. The molecule has 0 radical (unpaired) electrons. The second-order valence-corrected chi connectivity index (χ2v) is 8.60. The lowest BCUT2D eigenvalue weighted by molar-refractivity contribution is 0.356. The predicted octanol–water partition coefficient (Wildman–Crippen LogP) is 5.74. The van der Waals surface area contributed by atoms with Gasteiger partial charge in [-0.25, -0.2) is 18.6 Å². The van der Waals surface area contributed by atoms with Crippen LogP contribution in [0.3, 0.4) is 0 Å². The van der Waals surface area contributed by atoms with Crippen LogP contribution in [-0.2, 0) is 6.42 Å². The summed E-state index contributed by atoms with van der Waals surface area (Å²) in [6.45, 7) is 3.99. The fourth-order valence-electron chi connectivity index (χ4n) is 4.28. The van der Waals surface area contributed by atoms with Crippen LogP contribution in [-0.4, -0.2) is 14.2 Å². The Labute approximate surface area is 174 Å². The van der Waals surface area contributed by atoms with Gasteiger partial charge in [0.2, 0.25) is 0 Å². The normalized spacial score (nSPS) is 15.3. The number of nitrogens with one attached hydrogen (secondary N) is 1. The maximum atomic E-state index is 13.3. The molecule has 0 atom stereocenters. The third kappa shape index (κ3) is 4.04. The fraction of sp³-hybridized carbons (Fsp3) is 0.455. The number of benzene rings is 1. The summed E-state index contributed by atoms with van der Waals surface area (Å²) in [6, 6.07) is 4.20. The van der Waals surface area contributed by atoms with Crippen molar-refractivity contribution in [2.75, 3.05) is 5.32 Å². The molecule has 0 aliphatic heterocycles. The summed E-state index contributed by atoms with van der Waals surface area (Å²) in [5, 5.41) is 3.46. The van der Waals surface area contributed by atoms with Crippen LogP contribution in [0.5, 0.6) is 0 Å². The van der Waals surface area contributed by atoms with E-state index < -0.39 is 0 Å². The quantitative estimate of drug-likeness (QED) is 0.577. The maximum Gasteiger partial charge on any atom is 0.272 e. The van der Waals surface area contributed by atoms with E-state index in [1.165, 1.54) is 44.2 Å². The highest BCUT2D eigenvalue weighted by Gasteiger charge is 2.22. The first kappa shape index (κ1) is 20.0. The molecule has 4 rings (SSSR count). The SMILES string of the molecule is CC(C)n1c(=O)c(CC2CCCCC2)c2ncc(Nc3ccc(F)cc3Cl)cn21.